The van der Waals surface area contributed by atoms with E-state index in [4.69, 9.17) is 11.6 Å². The van der Waals surface area contributed by atoms with E-state index < -0.39 is 6.10 Å². The van der Waals surface area contributed by atoms with Crippen LogP contribution in [-0.4, -0.2) is 34.0 Å². The molecule has 0 saturated carbocycles. The Hall–Kier alpha value is -2.63. The number of halogens is 1. The maximum atomic E-state index is 10.8. The van der Waals surface area contributed by atoms with Gasteiger partial charge in [0, 0.05) is 24.8 Å². The van der Waals surface area contributed by atoms with E-state index in [0.717, 1.165) is 16.8 Å². The van der Waals surface area contributed by atoms with Gasteiger partial charge in [-0.2, -0.15) is 5.10 Å². The van der Waals surface area contributed by atoms with E-state index in [1.807, 2.05) is 49.3 Å². The second-order valence-corrected chi connectivity index (χ2v) is 6.29. The predicted octanol–water partition coefficient (Wildman–Crippen LogP) is 3.73. The largest absolute Gasteiger partial charge is 0.382 e. The summed E-state index contributed by atoms with van der Waals surface area (Å²) in [6.45, 7) is 0. The molecule has 0 aliphatic carbocycles. The minimum atomic E-state index is -0.854. The van der Waals surface area contributed by atoms with Crippen molar-refractivity contribution in [2.45, 2.75) is 6.10 Å². The highest BCUT2D eigenvalue weighted by atomic mass is 35.5. The third-order valence-corrected chi connectivity index (χ3v) is 4.13. The van der Waals surface area contributed by atoms with Crippen LogP contribution in [0.2, 0.25) is 5.02 Å². The lowest BCUT2D eigenvalue weighted by molar-refractivity contribution is 0.231. The molecule has 0 saturated heterocycles. The molecule has 0 spiro atoms. The standard InChI is InChI=1S/C19H19ClN4O/c1-23(2)17-9-3-14(4-10-17)11-18(24-13-21-12-22-24)19(25)15-5-7-16(20)8-6-15/h3-13,19,25H,1-2H3/b18-11+. The van der Waals surface area contributed by atoms with Crippen molar-refractivity contribution in [2.75, 3.05) is 19.0 Å². The summed E-state index contributed by atoms with van der Waals surface area (Å²) in [7, 11) is 3.99. The fraction of sp³-hybridized carbons (Fsp3) is 0.158. The van der Waals surface area contributed by atoms with Crippen LogP contribution in [0.3, 0.4) is 0 Å². The molecule has 1 aromatic heterocycles. The third kappa shape index (κ3) is 4.07. The summed E-state index contributed by atoms with van der Waals surface area (Å²) in [6.07, 6.45) is 4.05. The number of hydrogen-bond donors (Lipinski definition) is 1. The summed E-state index contributed by atoms with van der Waals surface area (Å²) in [4.78, 5) is 6.02. The Morgan fingerprint density at radius 3 is 2.36 bits per heavy atom. The first-order chi connectivity index (χ1) is 12.0. The van der Waals surface area contributed by atoms with Gasteiger partial charge in [-0.25, -0.2) is 9.67 Å². The highest BCUT2D eigenvalue weighted by molar-refractivity contribution is 6.30. The van der Waals surface area contributed by atoms with Crippen LogP contribution in [0.25, 0.3) is 11.8 Å². The SMILES string of the molecule is CN(C)c1ccc(/C=C(\C(O)c2ccc(Cl)cc2)n2cncn2)cc1. The van der Waals surface area contributed by atoms with Gasteiger partial charge in [0.25, 0.3) is 0 Å². The molecule has 1 N–H and O–H groups in total. The van der Waals surface area contributed by atoms with Gasteiger partial charge in [0.05, 0.1) is 5.70 Å². The molecule has 3 aromatic rings. The average molecular weight is 355 g/mol. The molecule has 1 unspecified atom stereocenters. The van der Waals surface area contributed by atoms with Crippen molar-refractivity contribution >= 4 is 29.1 Å². The lowest BCUT2D eigenvalue weighted by Crippen LogP contribution is -2.09. The van der Waals surface area contributed by atoms with Gasteiger partial charge in [0.15, 0.2) is 0 Å². The fourth-order valence-corrected chi connectivity index (χ4v) is 2.59. The minimum Gasteiger partial charge on any atom is -0.382 e. The molecule has 5 nitrogen and oxygen atoms in total. The maximum Gasteiger partial charge on any atom is 0.138 e. The molecular formula is C19H19ClN4O. The Morgan fingerprint density at radius 1 is 1.12 bits per heavy atom. The molecule has 0 aliphatic rings. The average Bonchev–Trinajstić information content (AvgIpc) is 3.14. The normalized spacial score (nSPS) is 12.9. The molecule has 6 heteroatoms. The van der Waals surface area contributed by atoms with Crippen LogP contribution >= 0.6 is 11.6 Å². The highest BCUT2D eigenvalue weighted by Crippen LogP contribution is 2.28. The summed E-state index contributed by atoms with van der Waals surface area (Å²) in [5.74, 6) is 0. The van der Waals surface area contributed by atoms with Gasteiger partial charge >= 0.3 is 0 Å². The first-order valence-corrected chi connectivity index (χ1v) is 8.20. The van der Waals surface area contributed by atoms with E-state index in [1.165, 1.54) is 6.33 Å². The molecule has 0 radical (unpaired) electrons. The molecule has 1 atom stereocenters. The van der Waals surface area contributed by atoms with Gasteiger partial charge in [-0.3, -0.25) is 0 Å². The first-order valence-electron chi connectivity index (χ1n) is 7.82. The van der Waals surface area contributed by atoms with Crippen molar-refractivity contribution in [2.24, 2.45) is 0 Å². The monoisotopic (exact) mass is 354 g/mol. The zero-order valence-electron chi connectivity index (χ0n) is 14.0. The summed E-state index contributed by atoms with van der Waals surface area (Å²) in [5.41, 5.74) is 3.41. The second-order valence-electron chi connectivity index (χ2n) is 5.85. The number of nitrogens with zero attached hydrogens (tertiary/aromatic N) is 4. The maximum absolute atomic E-state index is 10.8. The van der Waals surface area contributed by atoms with Crippen molar-refractivity contribution in [1.29, 1.82) is 0 Å². The molecule has 1 heterocycles. The number of hydrogen-bond acceptors (Lipinski definition) is 4. The van der Waals surface area contributed by atoms with E-state index >= 15 is 0 Å². The molecular weight excluding hydrogens is 336 g/mol. The lowest BCUT2D eigenvalue weighted by Gasteiger charge is -2.16. The van der Waals surface area contributed by atoms with Gasteiger partial charge < -0.3 is 10.0 Å². The van der Waals surface area contributed by atoms with Crippen molar-refractivity contribution in [3.8, 4) is 0 Å². The number of aliphatic hydroxyl groups is 1. The van der Waals surface area contributed by atoms with E-state index in [9.17, 15) is 5.11 Å². The quantitative estimate of drug-likeness (QED) is 0.758. The predicted molar refractivity (Wildman–Crippen MR) is 101 cm³/mol. The Bertz CT molecular complexity index is 840. The number of aromatic nitrogens is 3. The van der Waals surface area contributed by atoms with E-state index in [1.54, 1.807) is 35.3 Å². The van der Waals surface area contributed by atoms with Crippen LogP contribution in [0, 0.1) is 0 Å². The Morgan fingerprint density at radius 2 is 1.80 bits per heavy atom. The molecule has 2 aromatic carbocycles. The van der Waals surface area contributed by atoms with Gasteiger partial charge in [-0.05, 0) is 41.5 Å². The minimum absolute atomic E-state index is 0.609. The highest BCUT2D eigenvalue weighted by Gasteiger charge is 2.16. The Kier molecular flexibility index (Phi) is 5.16. The zero-order valence-corrected chi connectivity index (χ0v) is 14.8. The van der Waals surface area contributed by atoms with E-state index in [0.29, 0.717) is 10.7 Å². The van der Waals surface area contributed by atoms with Crippen LogP contribution in [0.4, 0.5) is 5.69 Å². The van der Waals surface area contributed by atoms with Gasteiger partial charge in [0.2, 0.25) is 0 Å². The summed E-state index contributed by atoms with van der Waals surface area (Å²) < 4.78 is 1.57. The smallest absolute Gasteiger partial charge is 0.138 e. The number of rotatable bonds is 5. The van der Waals surface area contributed by atoms with Crippen LogP contribution in [0.1, 0.15) is 17.2 Å². The zero-order chi connectivity index (χ0) is 17.8. The molecule has 0 aliphatic heterocycles. The van der Waals surface area contributed by atoms with Crippen molar-refractivity contribution in [3.63, 3.8) is 0 Å². The number of anilines is 1. The molecule has 3 rings (SSSR count). The third-order valence-electron chi connectivity index (χ3n) is 3.87. The van der Waals surface area contributed by atoms with Crippen LogP contribution in [0.5, 0.6) is 0 Å². The molecule has 128 valence electrons. The van der Waals surface area contributed by atoms with Crippen molar-refractivity contribution in [1.82, 2.24) is 14.8 Å². The second kappa shape index (κ2) is 7.51. The van der Waals surface area contributed by atoms with E-state index in [2.05, 4.69) is 10.1 Å². The van der Waals surface area contributed by atoms with Gasteiger partial charge in [0.1, 0.15) is 18.8 Å². The first kappa shape index (κ1) is 17.2. The Labute approximate surface area is 151 Å². The van der Waals surface area contributed by atoms with Crippen LogP contribution in [0.15, 0.2) is 61.2 Å². The lowest BCUT2D eigenvalue weighted by atomic mass is 10.0. The summed E-state index contributed by atoms with van der Waals surface area (Å²) in [5, 5.41) is 15.6. The van der Waals surface area contributed by atoms with Crippen molar-refractivity contribution in [3.05, 3.63) is 77.3 Å². The fourth-order valence-electron chi connectivity index (χ4n) is 2.47. The van der Waals surface area contributed by atoms with Crippen molar-refractivity contribution < 1.29 is 5.11 Å². The van der Waals surface area contributed by atoms with Gasteiger partial charge in [-0.1, -0.05) is 35.9 Å². The van der Waals surface area contributed by atoms with Gasteiger partial charge in [-0.15, -0.1) is 0 Å². The molecule has 25 heavy (non-hydrogen) atoms. The topological polar surface area (TPSA) is 54.2 Å². The van der Waals surface area contributed by atoms with Crippen LogP contribution in [-0.2, 0) is 0 Å². The number of benzene rings is 2. The summed E-state index contributed by atoms with van der Waals surface area (Å²) >= 11 is 5.94. The van der Waals surface area contributed by atoms with Crippen LogP contribution < -0.4 is 4.90 Å². The molecule has 0 fully saturated rings. The molecule has 0 bridgehead atoms. The number of aliphatic hydroxyl groups excluding tert-OH is 1. The molecule has 0 amide bonds. The summed E-state index contributed by atoms with van der Waals surface area (Å²) in [6, 6.07) is 15.2. The van der Waals surface area contributed by atoms with E-state index in [-0.39, 0.29) is 0 Å². The Balaban J connectivity index is 1.98.